The monoisotopic (exact) mass is 492 g/mol. The van der Waals surface area contributed by atoms with Gasteiger partial charge in [0.15, 0.2) is 0 Å². The van der Waals surface area contributed by atoms with Crippen LogP contribution in [-0.4, -0.2) is 0 Å². The summed E-state index contributed by atoms with van der Waals surface area (Å²) in [4.78, 5) is 0. The zero-order chi connectivity index (χ0) is 25.8. The number of hydrogen-bond acceptors (Lipinski definition) is 3. The first-order valence-electron chi connectivity index (χ1n) is 13.5. The van der Waals surface area contributed by atoms with Crippen LogP contribution in [0.5, 0.6) is 23.0 Å². The first-order chi connectivity index (χ1) is 18.0. The average Bonchev–Trinajstić information content (AvgIpc) is 3.23. The molecule has 1 aromatic heterocycles. The second-order valence-corrected chi connectivity index (χ2v) is 10.0. The van der Waals surface area contributed by atoms with Crippen molar-refractivity contribution in [2.24, 2.45) is 0 Å². The van der Waals surface area contributed by atoms with Gasteiger partial charge in [-0.25, -0.2) is 0 Å². The topological polar surface area (TPSA) is 31.6 Å². The van der Waals surface area contributed by atoms with Gasteiger partial charge in [0.2, 0.25) is 0 Å². The Bertz CT molecular complexity index is 1380. The summed E-state index contributed by atoms with van der Waals surface area (Å²) in [6, 6.07) is 25.2. The van der Waals surface area contributed by atoms with Crippen molar-refractivity contribution in [2.45, 2.75) is 66.2 Å². The van der Waals surface area contributed by atoms with Crippen LogP contribution in [0, 0.1) is 13.8 Å². The number of furan rings is 1. The average molecular weight is 493 g/mol. The molecule has 0 aliphatic rings. The minimum Gasteiger partial charge on any atom is -0.457 e. The van der Waals surface area contributed by atoms with Gasteiger partial charge < -0.3 is 13.9 Å². The molecule has 0 saturated heterocycles. The number of unbranched alkanes of at least 4 members (excludes halogenated alkanes) is 2. The van der Waals surface area contributed by atoms with Gasteiger partial charge in [-0.3, -0.25) is 0 Å². The van der Waals surface area contributed by atoms with E-state index in [4.69, 9.17) is 13.9 Å². The predicted octanol–water partition coefficient (Wildman–Crippen LogP) is 10.5. The highest BCUT2D eigenvalue weighted by Crippen LogP contribution is 2.39. The molecule has 0 saturated carbocycles. The standard InChI is InChI=1S/C34H36O3/c1-5-7-9-25-11-15-27(16-12-25)35-31-21-29-30-22-32(24(4)20-34(30)37-33(29)19-23(31)3)36-28-17-13-26(14-18-28)10-8-6-2/h11-22H,5-10H2,1-4H3. The minimum absolute atomic E-state index is 0.835. The lowest BCUT2D eigenvalue weighted by Gasteiger charge is -2.10. The Kier molecular flexibility index (Phi) is 7.50. The molecule has 0 bridgehead atoms. The highest BCUT2D eigenvalue weighted by Gasteiger charge is 2.15. The van der Waals surface area contributed by atoms with Crippen LogP contribution in [0.15, 0.2) is 77.2 Å². The van der Waals surface area contributed by atoms with Gasteiger partial charge in [-0.1, -0.05) is 51.0 Å². The third-order valence-electron chi connectivity index (χ3n) is 7.00. The SMILES string of the molecule is CCCCc1ccc(Oc2cc3c(cc2C)oc2cc(C)c(Oc4ccc(CCCC)cc4)cc23)cc1. The lowest BCUT2D eigenvalue weighted by Crippen LogP contribution is -1.90. The fraction of sp³-hybridized carbons (Fsp3) is 0.294. The fourth-order valence-electron chi connectivity index (χ4n) is 4.72. The quantitative estimate of drug-likeness (QED) is 0.194. The Hall–Kier alpha value is -3.72. The molecule has 0 atom stereocenters. The van der Waals surface area contributed by atoms with Gasteiger partial charge in [0.1, 0.15) is 34.2 Å². The van der Waals surface area contributed by atoms with Crippen LogP contribution in [0.2, 0.25) is 0 Å². The number of benzene rings is 4. The van der Waals surface area contributed by atoms with Crippen molar-refractivity contribution in [2.75, 3.05) is 0 Å². The van der Waals surface area contributed by atoms with Gasteiger partial charge in [0.25, 0.3) is 0 Å². The summed E-state index contributed by atoms with van der Waals surface area (Å²) >= 11 is 0. The van der Waals surface area contributed by atoms with E-state index in [0.717, 1.165) is 68.9 Å². The van der Waals surface area contributed by atoms with Crippen molar-refractivity contribution >= 4 is 21.9 Å². The van der Waals surface area contributed by atoms with Crippen molar-refractivity contribution < 1.29 is 13.9 Å². The summed E-state index contributed by atoms with van der Waals surface area (Å²) in [5, 5.41) is 2.05. The number of hydrogen-bond donors (Lipinski definition) is 0. The van der Waals surface area contributed by atoms with Crippen LogP contribution in [0.25, 0.3) is 21.9 Å². The van der Waals surface area contributed by atoms with Crippen molar-refractivity contribution in [3.63, 3.8) is 0 Å². The van der Waals surface area contributed by atoms with Crippen molar-refractivity contribution in [1.29, 1.82) is 0 Å². The third-order valence-corrected chi connectivity index (χ3v) is 7.00. The van der Waals surface area contributed by atoms with E-state index in [1.165, 1.54) is 36.8 Å². The molecule has 3 nitrogen and oxygen atoms in total. The minimum atomic E-state index is 0.835. The molecule has 0 amide bonds. The highest BCUT2D eigenvalue weighted by atomic mass is 16.5. The largest absolute Gasteiger partial charge is 0.457 e. The zero-order valence-electron chi connectivity index (χ0n) is 22.4. The summed E-state index contributed by atoms with van der Waals surface area (Å²) in [7, 11) is 0. The maximum Gasteiger partial charge on any atom is 0.135 e. The molecule has 190 valence electrons. The first kappa shape index (κ1) is 25.0. The lowest BCUT2D eigenvalue weighted by atomic mass is 10.1. The van der Waals surface area contributed by atoms with E-state index in [1.807, 2.05) is 0 Å². The van der Waals surface area contributed by atoms with E-state index in [1.54, 1.807) is 0 Å². The molecule has 5 aromatic rings. The van der Waals surface area contributed by atoms with E-state index >= 15 is 0 Å². The van der Waals surface area contributed by atoms with Crippen LogP contribution >= 0.6 is 0 Å². The van der Waals surface area contributed by atoms with E-state index < -0.39 is 0 Å². The lowest BCUT2D eigenvalue weighted by molar-refractivity contribution is 0.479. The van der Waals surface area contributed by atoms with Gasteiger partial charge >= 0.3 is 0 Å². The summed E-state index contributed by atoms with van der Waals surface area (Å²) in [5.41, 5.74) is 6.48. The highest BCUT2D eigenvalue weighted by molar-refractivity contribution is 6.06. The second kappa shape index (κ2) is 11.1. The molecule has 1 heterocycles. The number of fused-ring (bicyclic) bond motifs is 3. The van der Waals surface area contributed by atoms with Gasteiger partial charge in [0.05, 0.1) is 0 Å². The maximum atomic E-state index is 6.31. The molecule has 0 unspecified atom stereocenters. The van der Waals surface area contributed by atoms with Gasteiger partial charge in [-0.15, -0.1) is 0 Å². The molecule has 0 aliphatic carbocycles. The summed E-state index contributed by atoms with van der Waals surface area (Å²) in [5.74, 6) is 3.36. The zero-order valence-corrected chi connectivity index (χ0v) is 22.4. The molecule has 0 spiro atoms. The predicted molar refractivity (Wildman–Crippen MR) is 153 cm³/mol. The second-order valence-electron chi connectivity index (χ2n) is 10.0. The van der Waals surface area contributed by atoms with Crippen LogP contribution in [0.1, 0.15) is 61.8 Å². The number of ether oxygens (including phenoxy) is 2. The molecule has 0 fully saturated rings. The molecular formula is C34H36O3. The Balaban J connectivity index is 1.43. The number of rotatable bonds is 10. The van der Waals surface area contributed by atoms with Gasteiger partial charge in [-0.2, -0.15) is 0 Å². The molecule has 0 radical (unpaired) electrons. The van der Waals surface area contributed by atoms with E-state index in [2.05, 4.69) is 100 Å². The van der Waals surface area contributed by atoms with Gasteiger partial charge in [-0.05, 0) is 110 Å². The van der Waals surface area contributed by atoms with Crippen molar-refractivity contribution in [1.82, 2.24) is 0 Å². The summed E-state index contributed by atoms with van der Waals surface area (Å²) < 4.78 is 18.8. The smallest absolute Gasteiger partial charge is 0.135 e. The Morgan fingerprint density at radius 3 is 1.35 bits per heavy atom. The summed E-state index contributed by atoms with van der Waals surface area (Å²) in [6.45, 7) is 8.55. The van der Waals surface area contributed by atoms with Crippen LogP contribution < -0.4 is 9.47 Å². The van der Waals surface area contributed by atoms with Crippen LogP contribution in [0.4, 0.5) is 0 Å². The molecule has 0 aliphatic heterocycles. The van der Waals surface area contributed by atoms with Crippen LogP contribution in [-0.2, 0) is 12.8 Å². The maximum absolute atomic E-state index is 6.31. The Morgan fingerprint density at radius 1 is 0.568 bits per heavy atom. The van der Waals surface area contributed by atoms with E-state index in [0.29, 0.717) is 0 Å². The molecule has 37 heavy (non-hydrogen) atoms. The normalized spacial score (nSPS) is 11.4. The number of aryl methyl sites for hydroxylation is 4. The van der Waals surface area contributed by atoms with Crippen molar-refractivity contribution in [3.05, 3.63) is 95.1 Å². The van der Waals surface area contributed by atoms with E-state index in [9.17, 15) is 0 Å². The molecular weight excluding hydrogens is 456 g/mol. The first-order valence-corrected chi connectivity index (χ1v) is 13.5. The molecule has 5 rings (SSSR count). The molecule has 4 aromatic carbocycles. The Labute approximate surface area is 220 Å². The van der Waals surface area contributed by atoms with Crippen molar-refractivity contribution in [3.8, 4) is 23.0 Å². The van der Waals surface area contributed by atoms with Gasteiger partial charge in [0, 0.05) is 10.8 Å². The Morgan fingerprint density at radius 2 is 0.973 bits per heavy atom. The third kappa shape index (κ3) is 5.67. The molecule has 0 N–H and O–H groups in total. The summed E-state index contributed by atoms with van der Waals surface area (Å²) in [6.07, 6.45) is 7.03. The fourth-order valence-corrected chi connectivity index (χ4v) is 4.72. The van der Waals surface area contributed by atoms with E-state index in [-0.39, 0.29) is 0 Å². The van der Waals surface area contributed by atoms with Crippen LogP contribution in [0.3, 0.4) is 0 Å². The molecule has 3 heteroatoms.